The number of carbonyl (C=O) groups is 1. The van der Waals surface area contributed by atoms with Crippen molar-refractivity contribution in [3.63, 3.8) is 0 Å². The fourth-order valence-corrected chi connectivity index (χ4v) is 5.39. The lowest BCUT2D eigenvalue weighted by atomic mass is 10.1. The molecule has 3 aromatic rings. The van der Waals surface area contributed by atoms with E-state index >= 15 is 0 Å². The molecular weight excluding hydrogens is 464 g/mol. The highest BCUT2D eigenvalue weighted by atomic mass is 32.2. The van der Waals surface area contributed by atoms with Crippen LogP contribution in [0.4, 0.5) is 5.69 Å². The number of anilines is 1. The SMILES string of the molecule is COc1cccc(CN(CC2CCCO2)C(=O)c2cccc(S(=O)(=O)N(C)c3ccccc3)c2)c1. The molecule has 1 amide bonds. The summed E-state index contributed by atoms with van der Waals surface area (Å²) < 4.78 is 38.9. The van der Waals surface area contributed by atoms with Crippen LogP contribution in [0.5, 0.6) is 5.75 Å². The number of sulfonamides is 1. The van der Waals surface area contributed by atoms with Gasteiger partial charge in [-0.15, -0.1) is 0 Å². The van der Waals surface area contributed by atoms with E-state index in [0.29, 0.717) is 36.7 Å². The molecule has 1 aliphatic heterocycles. The van der Waals surface area contributed by atoms with Crippen LogP contribution >= 0.6 is 0 Å². The van der Waals surface area contributed by atoms with Crippen LogP contribution in [0.1, 0.15) is 28.8 Å². The molecule has 1 heterocycles. The molecular formula is C27H30N2O5S. The molecule has 0 radical (unpaired) electrons. The van der Waals surface area contributed by atoms with Gasteiger partial charge in [0, 0.05) is 32.3 Å². The maximum absolute atomic E-state index is 13.6. The minimum absolute atomic E-state index is 0.0410. The van der Waals surface area contributed by atoms with Gasteiger partial charge < -0.3 is 14.4 Å². The molecule has 0 saturated carbocycles. The minimum Gasteiger partial charge on any atom is -0.497 e. The fraction of sp³-hybridized carbons (Fsp3) is 0.296. The van der Waals surface area contributed by atoms with Crippen LogP contribution in [0.2, 0.25) is 0 Å². The number of hydrogen-bond donors (Lipinski definition) is 0. The molecule has 1 unspecified atom stereocenters. The van der Waals surface area contributed by atoms with Gasteiger partial charge in [0.2, 0.25) is 0 Å². The summed E-state index contributed by atoms with van der Waals surface area (Å²) in [4.78, 5) is 15.4. The standard InChI is InChI=1S/C27H30N2O5S/c1-28(23-11-4-3-5-12-23)35(31,32)26-15-7-10-22(18-26)27(30)29(20-25-14-8-16-34-25)19-21-9-6-13-24(17-21)33-2/h3-7,9-13,15,17-18,25H,8,14,16,19-20H2,1-2H3. The first-order valence-corrected chi connectivity index (χ1v) is 13.0. The second kappa shape index (κ2) is 10.9. The normalized spacial score (nSPS) is 15.5. The molecule has 8 heteroatoms. The van der Waals surface area contributed by atoms with E-state index in [1.807, 2.05) is 30.3 Å². The van der Waals surface area contributed by atoms with Crippen LogP contribution in [0, 0.1) is 0 Å². The molecule has 35 heavy (non-hydrogen) atoms. The number of rotatable bonds is 9. The average Bonchev–Trinajstić information content (AvgIpc) is 3.41. The van der Waals surface area contributed by atoms with Crippen molar-refractivity contribution in [2.45, 2.75) is 30.4 Å². The van der Waals surface area contributed by atoms with Crippen molar-refractivity contribution in [1.82, 2.24) is 4.90 Å². The second-order valence-corrected chi connectivity index (χ2v) is 10.5. The smallest absolute Gasteiger partial charge is 0.264 e. The summed E-state index contributed by atoms with van der Waals surface area (Å²) in [5.41, 5.74) is 1.78. The Bertz CT molecular complexity index is 1260. The molecule has 0 bridgehead atoms. The molecule has 184 valence electrons. The van der Waals surface area contributed by atoms with Crippen molar-refractivity contribution in [3.05, 3.63) is 90.0 Å². The predicted molar refractivity (Wildman–Crippen MR) is 135 cm³/mol. The topological polar surface area (TPSA) is 76.1 Å². The third-order valence-electron chi connectivity index (χ3n) is 6.10. The zero-order valence-corrected chi connectivity index (χ0v) is 20.8. The highest BCUT2D eigenvalue weighted by molar-refractivity contribution is 7.92. The van der Waals surface area contributed by atoms with Gasteiger partial charge in [-0.2, -0.15) is 0 Å². The molecule has 1 fully saturated rings. The monoisotopic (exact) mass is 494 g/mol. The summed E-state index contributed by atoms with van der Waals surface area (Å²) in [6, 6.07) is 22.6. The van der Waals surface area contributed by atoms with Gasteiger partial charge in [0.15, 0.2) is 0 Å². The predicted octanol–water partition coefficient (Wildman–Crippen LogP) is 4.34. The lowest BCUT2D eigenvalue weighted by Crippen LogP contribution is -2.37. The third kappa shape index (κ3) is 5.83. The largest absolute Gasteiger partial charge is 0.497 e. The summed E-state index contributed by atoms with van der Waals surface area (Å²) in [6.45, 7) is 1.47. The van der Waals surface area contributed by atoms with Crippen molar-refractivity contribution in [2.75, 3.05) is 31.6 Å². The van der Waals surface area contributed by atoms with E-state index in [0.717, 1.165) is 18.4 Å². The Hall–Kier alpha value is -3.36. The van der Waals surface area contributed by atoms with E-state index in [2.05, 4.69) is 0 Å². The van der Waals surface area contributed by atoms with Crippen molar-refractivity contribution < 1.29 is 22.7 Å². The first kappa shape index (κ1) is 24.8. The summed E-state index contributed by atoms with van der Waals surface area (Å²) in [7, 11) is -0.733. The maximum Gasteiger partial charge on any atom is 0.264 e. The first-order chi connectivity index (χ1) is 16.9. The Morgan fingerprint density at radius 3 is 2.51 bits per heavy atom. The number of carbonyl (C=O) groups excluding carboxylic acids is 1. The van der Waals surface area contributed by atoms with Gasteiger partial charge in [-0.25, -0.2) is 8.42 Å². The number of ether oxygens (including phenoxy) is 2. The van der Waals surface area contributed by atoms with E-state index in [1.54, 1.807) is 48.4 Å². The Morgan fingerprint density at radius 2 is 1.80 bits per heavy atom. The first-order valence-electron chi connectivity index (χ1n) is 11.6. The van der Waals surface area contributed by atoms with E-state index in [1.165, 1.54) is 23.5 Å². The Morgan fingerprint density at radius 1 is 1.03 bits per heavy atom. The molecule has 7 nitrogen and oxygen atoms in total. The Kier molecular flexibility index (Phi) is 7.73. The Balaban J connectivity index is 1.61. The van der Waals surface area contributed by atoms with E-state index in [9.17, 15) is 13.2 Å². The van der Waals surface area contributed by atoms with Crippen LogP contribution in [-0.4, -0.2) is 52.6 Å². The zero-order chi connectivity index (χ0) is 24.8. The molecule has 4 rings (SSSR count). The molecule has 3 aromatic carbocycles. The van der Waals surface area contributed by atoms with Crippen molar-refractivity contribution in [3.8, 4) is 5.75 Å². The van der Waals surface area contributed by atoms with Crippen LogP contribution in [0.3, 0.4) is 0 Å². The van der Waals surface area contributed by atoms with Gasteiger partial charge in [0.25, 0.3) is 15.9 Å². The van der Waals surface area contributed by atoms with Crippen LogP contribution in [0.15, 0.2) is 83.8 Å². The average molecular weight is 495 g/mol. The van der Waals surface area contributed by atoms with Crippen molar-refractivity contribution >= 4 is 21.6 Å². The molecule has 0 aromatic heterocycles. The van der Waals surface area contributed by atoms with E-state index < -0.39 is 10.0 Å². The van der Waals surface area contributed by atoms with E-state index in [-0.39, 0.29) is 16.9 Å². The summed E-state index contributed by atoms with van der Waals surface area (Å²) in [6.07, 6.45) is 1.81. The molecule has 1 saturated heterocycles. The van der Waals surface area contributed by atoms with Crippen LogP contribution in [-0.2, 0) is 21.3 Å². The van der Waals surface area contributed by atoms with Gasteiger partial charge in [-0.05, 0) is 60.9 Å². The molecule has 0 spiro atoms. The van der Waals surface area contributed by atoms with Crippen LogP contribution < -0.4 is 9.04 Å². The second-order valence-electron chi connectivity index (χ2n) is 8.51. The zero-order valence-electron chi connectivity index (χ0n) is 20.0. The van der Waals surface area contributed by atoms with Crippen LogP contribution in [0.25, 0.3) is 0 Å². The summed E-state index contributed by atoms with van der Waals surface area (Å²) >= 11 is 0. The highest BCUT2D eigenvalue weighted by Gasteiger charge is 2.26. The number of para-hydroxylation sites is 1. The molecule has 1 aliphatic rings. The quantitative estimate of drug-likeness (QED) is 0.442. The molecule has 0 aliphatic carbocycles. The lowest BCUT2D eigenvalue weighted by molar-refractivity contribution is 0.0507. The minimum atomic E-state index is -3.84. The summed E-state index contributed by atoms with van der Waals surface area (Å²) in [5, 5.41) is 0. The highest BCUT2D eigenvalue weighted by Crippen LogP contribution is 2.24. The van der Waals surface area contributed by atoms with Gasteiger partial charge in [-0.1, -0.05) is 36.4 Å². The molecule has 0 N–H and O–H groups in total. The van der Waals surface area contributed by atoms with Crippen molar-refractivity contribution in [2.24, 2.45) is 0 Å². The van der Waals surface area contributed by atoms with Gasteiger partial charge in [-0.3, -0.25) is 9.10 Å². The van der Waals surface area contributed by atoms with Gasteiger partial charge in [0.05, 0.1) is 23.8 Å². The van der Waals surface area contributed by atoms with Crippen molar-refractivity contribution in [1.29, 1.82) is 0 Å². The van der Waals surface area contributed by atoms with Gasteiger partial charge >= 0.3 is 0 Å². The number of hydrogen-bond acceptors (Lipinski definition) is 5. The number of benzene rings is 3. The molecule has 1 atom stereocenters. The number of nitrogens with zero attached hydrogens (tertiary/aromatic N) is 2. The lowest BCUT2D eigenvalue weighted by Gasteiger charge is -2.26. The maximum atomic E-state index is 13.6. The third-order valence-corrected chi connectivity index (χ3v) is 7.88. The van der Waals surface area contributed by atoms with E-state index in [4.69, 9.17) is 9.47 Å². The number of amides is 1. The Labute approximate surface area is 206 Å². The van der Waals surface area contributed by atoms with Gasteiger partial charge in [0.1, 0.15) is 5.75 Å². The number of methoxy groups -OCH3 is 1. The fourth-order valence-electron chi connectivity index (χ4n) is 4.15. The summed E-state index contributed by atoms with van der Waals surface area (Å²) in [5.74, 6) is 0.465.